The van der Waals surface area contributed by atoms with Crippen LogP contribution in [0.3, 0.4) is 0 Å². The van der Waals surface area contributed by atoms with E-state index in [0.717, 1.165) is 18.2 Å². The molecule has 1 aliphatic rings. The van der Waals surface area contributed by atoms with E-state index in [4.69, 9.17) is 9.47 Å². The third-order valence-electron chi connectivity index (χ3n) is 4.78. The van der Waals surface area contributed by atoms with Crippen molar-refractivity contribution >= 4 is 31.4 Å². The van der Waals surface area contributed by atoms with Gasteiger partial charge in [-0.3, -0.25) is 9.03 Å². The first-order valence-corrected chi connectivity index (χ1v) is 12.3. The number of methoxy groups -OCH3 is 2. The zero-order valence-electron chi connectivity index (χ0n) is 16.7. The summed E-state index contributed by atoms with van der Waals surface area (Å²) in [7, 11) is -4.99. The number of ether oxygens (including phenoxy) is 2. The Labute approximate surface area is 171 Å². The number of fused-ring (bicyclic) bond motifs is 1. The molecule has 3 rings (SSSR count). The molecule has 1 heterocycles. The second-order valence-corrected chi connectivity index (χ2v) is 10.4. The van der Waals surface area contributed by atoms with Crippen LogP contribution in [0.25, 0.3) is 0 Å². The topological polar surface area (TPSA) is 102 Å². The molecule has 2 aromatic carbocycles. The molecule has 1 atom stereocenters. The van der Waals surface area contributed by atoms with Crippen LogP contribution in [0.5, 0.6) is 11.5 Å². The van der Waals surface area contributed by atoms with Crippen molar-refractivity contribution in [2.45, 2.75) is 30.7 Å². The van der Waals surface area contributed by atoms with Gasteiger partial charge < -0.3 is 9.47 Å². The van der Waals surface area contributed by atoms with E-state index in [9.17, 15) is 16.8 Å². The summed E-state index contributed by atoms with van der Waals surface area (Å²) < 4.78 is 65.1. The van der Waals surface area contributed by atoms with Crippen LogP contribution < -0.4 is 18.5 Å². The van der Waals surface area contributed by atoms with Crippen LogP contribution in [0, 0.1) is 0 Å². The van der Waals surface area contributed by atoms with E-state index < -0.39 is 20.0 Å². The largest absolute Gasteiger partial charge is 0.495 e. The van der Waals surface area contributed by atoms with Crippen molar-refractivity contribution in [3.63, 3.8) is 0 Å². The first kappa shape index (κ1) is 21.3. The van der Waals surface area contributed by atoms with Crippen molar-refractivity contribution in [2.75, 3.05) is 29.5 Å². The van der Waals surface area contributed by atoms with Crippen LogP contribution in [0.4, 0.5) is 11.4 Å². The molecule has 29 heavy (non-hydrogen) atoms. The maximum Gasteiger partial charge on any atom is 0.268 e. The molecular formula is C19H24N2O6S2. The first-order valence-electron chi connectivity index (χ1n) is 8.94. The van der Waals surface area contributed by atoms with Gasteiger partial charge in [0.2, 0.25) is 10.0 Å². The predicted octanol–water partition coefficient (Wildman–Crippen LogP) is 2.61. The van der Waals surface area contributed by atoms with Gasteiger partial charge in [0.15, 0.2) is 0 Å². The number of rotatable bonds is 6. The van der Waals surface area contributed by atoms with E-state index in [1.165, 1.54) is 30.7 Å². The van der Waals surface area contributed by atoms with E-state index in [1.54, 1.807) is 12.1 Å². The molecule has 1 aliphatic heterocycles. The monoisotopic (exact) mass is 440 g/mol. The van der Waals surface area contributed by atoms with Gasteiger partial charge in [0.25, 0.3) is 10.0 Å². The minimum absolute atomic E-state index is 0.0207. The van der Waals surface area contributed by atoms with Gasteiger partial charge in [0.1, 0.15) is 16.4 Å². The van der Waals surface area contributed by atoms with Gasteiger partial charge in [0.05, 0.1) is 31.9 Å². The molecule has 8 nitrogen and oxygen atoms in total. The fraction of sp³-hybridized carbons (Fsp3) is 0.368. The van der Waals surface area contributed by atoms with E-state index in [2.05, 4.69) is 4.72 Å². The van der Waals surface area contributed by atoms with Crippen LogP contribution in [-0.2, 0) is 26.5 Å². The Bertz CT molecular complexity index is 1130. The van der Waals surface area contributed by atoms with E-state index in [1.807, 2.05) is 19.1 Å². The number of nitrogens with one attached hydrogen (secondary N) is 1. The average molecular weight is 441 g/mol. The van der Waals surface area contributed by atoms with Crippen LogP contribution in [0.2, 0.25) is 0 Å². The molecule has 0 unspecified atom stereocenters. The predicted molar refractivity (Wildman–Crippen MR) is 112 cm³/mol. The molecule has 0 fully saturated rings. The smallest absolute Gasteiger partial charge is 0.268 e. The van der Waals surface area contributed by atoms with Crippen LogP contribution in [0.1, 0.15) is 18.9 Å². The molecule has 0 saturated carbocycles. The number of aryl methyl sites for hydroxylation is 1. The van der Waals surface area contributed by atoms with Crippen molar-refractivity contribution in [1.29, 1.82) is 0 Å². The maximum absolute atomic E-state index is 13.7. The molecule has 10 heteroatoms. The fourth-order valence-electron chi connectivity index (χ4n) is 3.48. The summed E-state index contributed by atoms with van der Waals surface area (Å²) in [5, 5.41) is 0. The number of benzene rings is 2. The second-order valence-electron chi connectivity index (χ2n) is 6.89. The number of anilines is 2. The molecule has 2 aromatic rings. The average Bonchev–Trinajstić information content (AvgIpc) is 2.66. The van der Waals surface area contributed by atoms with Gasteiger partial charge in [-0.1, -0.05) is 18.2 Å². The van der Waals surface area contributed by atoms with Crippen molar-refractivity contribution in [3.05, 3.63) is 42.0 Å². The Kier molecular flexibility index (Phi) is 5.68. The van der Waals surface area contributed by atoms with Crippen LogP contribution in [0.15, 0.2) is 41.3 Å². The van der Waals surface area contributed by atoms with E-state index >= 15 is 0 Å². The summed E-state index contributed by atoms with van der Waals surface area (Å²) in [4.78, 5) is -0.143. The lowest BCUT2D eigenvalue weighted by molar-refractivity contribution is 0.387. The molecule has 0 spiro atoms. The fourth-order valence-corrected chi connectivity index (χ4v) is 5.93. The zero-order valence-corrected chi connectivity index (χ0v) is 18.3. The number of sulfonamides is 2. The van der Waals surface area contributed by atoms with E-state index in [0.29, 0.717) is 12.1 Å². The van der Waals surface area contributed by atoms with E-state index in [-0.39, 0.29) is 28.1 Å². The summed E-state index contributed by atoms with van der Waals surface area (Å²) >= 11 is 0. The third-order valence-corrected chi connectivity index (χ3v) is 7.32. The van der Waals surface area contributed by atoms with Crippen LogP contribution in [-0.4, -0.2) is 43.4 Å². The first-order chi connectivity index (χ1) is 13.6. The van der Waals surface area contributed by atoms with Crippen molar-refractivity contribution in [3.8, 4) is 11.5 Å². The molecule has 1 N–H and O–H groups in total. The lowest BCUT2D eigenvalue weighted by Gasteiger charge is -2.36. The Hall–Kier alpha value is -2.46. The normalized spacial score (nSPS) is 16.8. The van der Waals surface area contributed by atoms with Gasteiger partial charge in [-0.2, -0.15) is 0 Å². The van der Waals surface area contributed by atoms with Crippen molar-refractivity contribution < 1.29 is 26.3 Å². The van der Waals surface area contributed by atoms with Crippen LogP contribution >= 0.6 is 0 Å². The van der Waals surface area contributed by atoms with Gasteiger partial charge in [0, 0.05) is 12.1 Å². The summed E-state index contributed by atoms with van der Waals surface area (Å²) in [5.74, 6) is 0.217. The standard InChI is InChI=1S/C19H24N2O6S2/c1-13-9-10-14-7-5-6-8-16(14)21(13)29(24,25)19-11-15(20-28(4,22)23)17(26-2)12-18(19)27-3/h5-8,11-13,20H,9-10H2,1-4H3/t13-/m1/s1. The molecule has 0 amide bonds. The summed E-state index contributed by atoms with van der Waals surface area (Å²) in [6, 6.07) is 9.68. The highest BCUT2D eigenvalue weighted by Gasteiger charge is 2.36. The maximum atomic E-state index is 13.7. The highest BCUT2D eigenvalue weighted by Crippen LogP contribution is 2.41. The summed E-state index contributed by atoms with van der Waals surface area (Å²) in [6.07, 6.45) is 2.43. The Morgan fingerprint density at radius 3 is 2.31 bits per heavy atom. The zero-order chi connectivity index (χ0) is 21.4. The molecular weight excluding hydrogens is 416 g/mol. The molecule has 0 aromatic heterocycles. The lowest BCUT2D eigenvalue weighted by atomic mass is 9.99. The molecule has 158 valence electrons. The minimum atomic E-state index is -4.05. The number of hydrogen-bond acceptors (Lipinski definition) is 6. The highest BCUT2D eigenvalue weighted by molar-refractivity contribution is 7.93. The summed E-state index contributed by atoms with van der Waals surface area (Å²) in [5.41, 5.74) is 1.57. The van der Waals surface area contributed by atoms with Gasteiger partial charge in [-0.25, -0.2) is 16.8 Å². The molecule has 0 saturated heterocycles. The number of hydrogen-bond donors (Lipinski definition) is 1. The Morgan fingerprint density at radius 2 is 1.69 bits per heavy atom. The van der Waals surface area contributed by atoms with Crippen molar-refractivity contribution in [2.24, 2.45) is 0 Å². The SMILES string of the molecule is COc1cc(OC)c(S(=O)(=O)N2c3ccccc3CC[C@H]2C)cc1NS(C)(=O)=O. The minimum Gasteiger partial charge on any atom is -0.495 e. The summed E-state index contributed by atoms with van der Waals surface area (Å²) in [6.45, 7) is 1.85. The second kappa shape index (κ2) is 7.75. The van der Waals surface area contributed by atoms with Gasteiger partial charge >= 0.3 is 0 Å². The number of para-hydroxylation sites is 1. The Balaban J connectivity index is 2.22. The Morgan fingerprint density at radius 1 is 1.03 bits per heavy atom. The third kappa shape index (κ3) is 4.13. The number of nitrogens with zero attached hydrogens (tertiary/aromatic N) is 1. The van der Waals surface area contributed by atoms with Gasteiger partial charge in [-0.15, -0.1) is 0 Å². The highest BCUT2D eigenvalue weighted by atomic mass is 32.2. The molecule has 0 radical (unpaired) electrons. The van der Waals surface area contributed by atoms with Crippen molar-refractivity contribution in [1.82, 2.24) is 0 Å². The molecule has 0 aliphatic carbocycles. The molecule has 0 bridgehead atoms. The quantitative estimate of drug-likeness (QED) is 0.741. The lowest BCUT2D eigenvalue weighted by Crippen LogP contribution is -2.42. The van der Waals surface area contributed by atoms with Gasteiger partial charge in [-0.05, 0) is 37.5 Å².